The SMILES string of the molecule is CCCC(NS(=O)(=O)c1cc(Cl)ccc1[N+](=O)[O-])C(=O)O. The molecule has 0 aliphatic heterocycles. The number of halogens is 1. The van der Waals surface area contributed by atoms with Crippen molar-refractivity contribution in [1.29, 1.82) is 0 Å². The molecule has 1 aromatic rings. The fourth-order valence-corrected chi connectivity index (χ4v) is 3.28. The number of hydrogen-bond donors (Lipinski definition) is 2. The highest BCUT2D eigenvalue weighted by atomic mass is 35.5. The Morgan fingerprint density at radius 3 is 2.62 bits per heavy atom. The van der Waals surface area contributed by atoms with Crippen LogP contribution in [0.4, 0.5) is 5.69 Å². The monoisotopic (exact) mass is 336 g/mol. The summed E-state index contributed by atoms with van der Waals surface area (Å²) in [6.45, 7) is 1.69. The molecule has 1 atom stereocenters. The second-order valence-electron chi connectivity index (χ2n) is 4.17. The van der Waals surface area contributed by atoms with Crippen molar-refractivity contribution in [2.45, 2.75) is 30.7 Å². The van der Waals surface area contributed by atoms with Crippen LogP contribution in [0, 0.1) is 10.1 Å². The van der Waals surface area contributed by atoms with Gasteiger partial charge in [0.05, 0.1) is 4.92 Å². The third-order valence-corrected chi connectivity index (χ3v) is 4.32. The number of rotatable bonds is 7. The lowest BCUT2D eigenvalue weighted by atomic mass is 10.2. The largest absolute Gasteiger partial charge is 0.480 e. The Balaban J connectivity index is 3.27. The highest BCUT2D eigenvalue weighted by Crippen LogP contribution is 2.27. The summed E-state index contributed by atoms with van der Waals surface area (Å²) in [4.78, 5) is 20.3. The van der Waals surface area contributed by atoms with E-state index in [9.17, 15) is 23.3 Å². The van der Waals surface area contributed by atoms with E-state index in [0.29, 0.717) is 6.42 Å². The highest BCUT2D eigenvalue weighted by Gasteiger charge is 2.30. The predicted octanol–water partition coefficient (Wildman–Crippen LogP) is 1.78. The van der Waals surface area contributed by atoms with Gasteiger partial charge in [0.2, 0.25) is 10.0 Å². The van der Waals surface area contributed by atoms with Crippen molar-refractivity contribution < 1.29 is 23.2 Å². The number of nitro groups is 1. The van der Waals surface area contributed by atoms with Crippen LogP contribution in [0.1, 0.15) is 19.8 Å². The zero-order chi connectivity index (χ0) is 16.2. The van der Waals surface area contributed by atoms with Crippen LogP contribution in [0.5, 0.6) is 0 Å². The Morgan fingerprint density at radius 1 is 1.52 bits per heavy atom. The van der Waals surface area contributed by atoms with Gasteiger partial charge in [0.15, 0.2) is 4.90 Å². The summed E-state index contributed by atoms with van der Waals surface area (Å²) in [6.07, 6.45) is 0.486. The summed E-state index contributed by atoms with van der Waals surface area (Å²) in [7, 11) is -4.38. The van der Waals surface area contributed by atoms with Gasteiger partial charge in [0.1, 0.15) is 6.04 Å². The van der Waals surface area contributed by atoms with Crippen LogP contribution < -0.4 is 4.72 Å². The van der Waals surface area contributed by atoms with Crippen molar-refractivity contribution in [3.05, 3.63) is 33.3 Å². The van der Waals surface area contributed by atoms with Crippen molar-refractivity contribution >= 4 is 33.3 Å². The second-order valence-corrected chi connectivity index (χ2v) is 6.29. The average molecular weight is 337 g/mol. The maximum Gasteiger partial charge on any atom is 0.321 e. The lowest BCUT2D eigenvalue weighted by molar-refractivity contribution is -0.387. The summed E-state index contributed by atoms with van der Waals surface area (Å²) < 4.78 is 26.3. The number of nitrogens with one attached hydrogen (secondary N) is 1. The van der Waals surface area contributed by atoms with Gasteiger partial charge in [-0.1, -0.05) is 24.9 Å². The van der Waals surface area contributed by atoms with Crippen LogP contribution in [0.3, 0.4) is 0 Å². The Morgan fingerprint density at radius 2 is 2.14 bits per heavy atom. The molecule has 1 unspecified atom stereocenters. The van der Waals surface area contributed by atoms with Crippen LogP contribution in [0.15, 0.2) is 23.1 Å². The first kappa shape index (κ1) is 17.3. The summed E-state index contributed by atoms with van der Waals surface area (Å²) in [5.74, 6) is -1.36. The van der Waals surface area contributed by atoms with E-state index in [0.717, 1.165) is 12.1 Å². The first-order chi connectivity index (χ1) is 9.69. The normalized spacial score (nSPS) is 12.9. The number of hydrogen-bond acceptors (Lipinski definition) is 5. The smallest absolute Gasteiger partial charge is 0.321 e. The van der Waals surface area contributed by atoms with Gasteiger partial charge in [-0.25, -0.2) is 8.42 Å². The van der Waals surface area contributed by atoms with E-state index < -0.39 is 37.5 Å². The van der Waals surface area contributed by atoms with Gasteiger partial charge < -0.3 is 5.11 Å². The van der Waals surface area contributed by atoms with E-state index in [-0.39, 0.29) is 11.4 Å². The highest BCUT2D eigenvalue weighted by molar-refractivity contribution is 7.89. The van der Waals surface area contributed by atoms with Crippen molar-refractivity contribution in [2.75, 3.05) is 0 Å². The number of carboxylic acids is 1. The average Bonchev–Trinajstić information content (AvgIpc) is 2.37. The third-order valence-electron chi connectivity index (χ3n) is 2.58. The molecule has 0 aromatic heterocycles. The summed E-state index contributed by atoms with van der Waals surface area (Å²) in [5.41, 5.74) is -0.674. The van der Waals surface area contributed by atoms with E-state index in [2.05, 4.69) is 0 Å². The number of aliphatic carboxylic acids is 1. The molecule has 1 aromatic carbocycles. The molecule has 0 spiro atoms. The maximum atomic E-state index is 12.2. The maximum absolute atomic E-state index is 12.2. The van der Waals surface area contributed by atoms with E-state index in [4.69, 9.17) is 16.7 Å². The number of nitro benzene ring substituents is 1. The minimum absolute atomic E-state index is 0.0108. The number of sulfonamides is 1. The van der Waals surface area contributed by atoms with Gasteiger partial charge in [-0.05, 0) is 18.6 Å². The van der Waals surface area contributed by atoms with Crippen LogP contribution in [0.2, 0.25) is 5.02 Å². The van der Waals surface area contributed by atoms with E-state index >= 15 is 0 Å². The van der Waals surface area contributed by atoms with Crippen LogP contribution in [-0.4, -0.2) is 30.5 Å². The Hall–Kier alpha value is -1.71. The van der Waals surface area contributed by atoms with Crippen LogP contribution in [-0.2, 0) is 14.8 Å². The fraction of sp³-hybridized carbons (Fsp3) is 0.364. The summed E-state index contributed by atoms with van der Waals surface area (Å²) >= 11 is 5.66. The summed E-state index contributed by atoms with van der Waals surface area (Å²) in [5, 5.41) is 19.8. The number of carbonyl (C=O) groups is 1. The zero-order valence-electron chi connectivity index (χ0n) is 10.9. The van der Waals surface area contributed by atoms with Crippen LogP contribution in [0.25, 0.3) is 0 Å². The van der Waals surface area contributed by atoms with Crippen LogP contribution >= 0.6 is 11.6 Å². The standard InChI is InChI=1S/C11H13ClN2O6S/c1-2-3-8(11(15)16)13-21(19,20)10-6-7(12)4-5-9(10)14(17)18/h4-6,8,13H,2-3H2,1H3,(H,15,16). The van der Waals surface area contributed by atoms with Gasteiger partial charge in [0.25, 0.3) is 5.69 Å². The second kappa shape index (κ2) is 6.83. The lowest BCUT2D eigenvalue weighted by Gasteiger charge is -2.14. The Labute approximate surface area is 125 Å². The molecule has 1 rings (SSSR count). The summed E-state index contributed by atoms with van der Waals surface area (Å²) in [6, 6.07) is 1.68. The molecule has 8 nitrogen and oxygen atoms in total. The minimum atomic E-state index is -4.38. The van der Waals surface area contributed by atoms with Crippen molar-refractivity contribution in [3.63, 3.8) is 0 Å². The molecule has 21 heavy (non-hydrogen) atoms. The molecule has 0 saturated carbocycles. The zero-order valence-corrected chi connectivity index (χ0v) is 12.5. The number of carboxylic acid groups (broad SMARTS) is 1. The molecule has 0 amide bonds. The fourth-order valence-electron chi connectivity index (χ4n) is 1.63. The van der Waals surface area contributed by atoms with Crippen molar-refractivity contribution in [3.8, 4) is 0 Å². The lowest BCUT2D eigenvalue weighted by Crippen LogP contribution is -2.40. The molecule has 10 heteroatoms. The molecule has 0 aliphatic carbocycles. The molecular weight excluding hydrogens is 324 g/mol. The molecular formula is C11H13ClN2O6S. The van der Waals surface area contributed by atoms with E-state index in [1.54, 1.807) is 6.92 Å². The Kier molecular flexibility index (Phi) is 5.64. The first-order valence-electron chi connectivity index (χ1n) is 5.88. The number of nitrogens with zero attached hydrogens (tertiary/aromatic N) is 1. The number of benzene rings is 1. The molecule has 2 N–H and O–H groups in total. The van der Waals surface area contributed by atoms with Gasteiger partial charge in [-0.3, -0.25) is 14.9 Å². The Bertz CT molecular complexity index is 661. The minimum Gasteiger partial charge on any atom is -0.480 e. The van der Waals surface area contributed by atoms with E-state index in [1.807, 2.05) is 4.72 Å². The molecule has 116 valence electrons. The van der Waals surface area contributed by atoms with Gasteiger partial charge in [-0.15, -0.1) is 0 Å². The molecule has 0 radical (unpaired) electrons. The topological polar surface area (TPSA) is 127 Å². The molecule has 0 bridgehead atoms. The third kappa shape index (κ3) is 4.38. The van der Waals surface area contributed by atoms with Crippen molar-refractivity contribution in [1.82, 2.24) is 4.72 Å². The molecule has 0 heterocycles. The quantitative estimate of drug-likeness (QED) is 0.577. The van der Waals surface area contributed by atoms with E-state index in [1.165, 1.54) is 6.07 Å². The molecule has 0 aliphatic rings. The van der Waals surface area contributed by atoms with Gasteiger partial charge in [-0.2, -0.15) is 4.72 Å². The van der Waals surface area contributed by atoms with Gasteiger partial charge in [0, 0.05) is 11.1 Å². The predicted molar refractivity (Wildman–Crippen MR) is 74.8 cm³/mol. The van der Waals surface area contributed by atoms with Gasteiger partial charge >= 0.3 is 5.97 Å². The first-order valence-corrected chi connectivity index (χ1v) is 7.74. The molecule has 0 fully saturated rings. The van der Waals surface area contributed by atoms with Crippen molar-refractivity contribution in [2.24, 2.45) is 0 Å². The molecule has 0 saturated heterocycles.